The Morgan fingerprint density at radius 2 is 2.00 bits per heavy atom. The van der Waals surface area contributed by atoms with Crippen molar-refractivity contribution in [3.8, 4) is 0 Å². The highest BCUT2D eigenvalue weighted by atomic mass is 35.5. The summed E-state index contributed by atoms with van der Waals surface area (Å²) in [5, 5.41) is 0.106. The molecule has 0 aliphatic carbocycles. The molecule has 1 aromatic carbocycles. The summed E-state index contributed by atoms with van der Waals surface area (Å²) in [7, 11) is 1.01. The lowest BCUT2D eigenvalue weighted by Gasteiger charge is -2.06. The highest BCUT2D eigenvalue weighted by Gasteiger charge is 2.29. The van der Waals surface area contributed by atoms with Crippen LogP contribution in [0, 0.1) is 0 Å². The van der Waals surface area contributed by atoms with Crippen LogP contribution in [-0.2, 0) is 9.53 Å². The molecule has 1 atom stereocenters. The normalized spacial score (nSPS) is 11.9. The van der Waals surface area contributed by atoms with Crippen molar-refractivity contribution >= 4 is 23.4 Å². The molecule has 0 spiro atoms. The summed E-state index contributed by atoms with van der Waals surface area (Å²) in [5.41, 5.74) is -0.0305. The first kappa shape index (κ1) is 11.7. The molecule has 0 heterocycles. The van der Waals surface area contributed by atoms with E-state index in [0.29, 0.717) is 0 Å². The van der Waals surface area contributed by atoms with Crippen molar-refractivity contribution in [1.82, 2.24) is 0 Å². The molecule has 0 aromatic heterocycles. The van der Waals surface area contributed by atoms with E-state index in [1.165, 1.54) is 18.2 Å². The molecule has 1 rings (SSSR count). The van der Waals surface area contributed by atoms with Crippen molar-refractivity contribution in [3.05, 3.63) is 34.9 Å². The first-order chi connectivity index (χ1) is 7.07. The molecule has 0 aliphatic rings. The molecule has 0 bridgehead atoms. The van der Waals surface area contributed by atoms with Gasteiger partial charge in [-0.1, -0.05) is 23.7 Å². The largest absolute Gasteiger partial charge is 0.467 e. The minimum Gasteiger partial charge on any atom is -0.467 e. The van der Waals surface area contributed by atoms with Crippen molar-refractivity contribution in [2.75, 3.05) is 7.11 Å². The summed E-state index contributed by atoms with van der Waals surface area (Å²) < 4.78 is 17.3. The highest BCUT2D eigenvalue weighted by molar-refractivity contribution is 6.34. The topological polar surface area (TPSA) is 43.4 Å². The molecule has 0 radical (unpaired) electrons. The Morgan fingerprint density at radius 3 is 2.53 bits per heavy atom. The number of ether oxygens (including phenoxy) is 1. The Hall–Kier alpha value is -1.42. The van der Waals surface area contributed by atoms with Gasteiger partial charge in [0, 0.05) is 5.56 Å². The number of carbonyl (C=O) groups excluding carboxylic acids is 2. The molecule has 0 saturated carbocycles. The van der Waals surface area contributed by atoms with Gasteiger partial charge in [-0.3, -0.25) is 4.79 Å². The van der Waals surface area contributed by atoms with E-state index < -0.39 is 17.9 Å². The van der Waals surface area contributed by atoms with Gasteiger partial charge in [0.05, 0.1) is 12.1 Å². The number of rotatable bonds is 3. The lowest BCUT2D eigenvalue weighted by atomic mass is 10.1. The van der Waals surface area contributed by atoms with Gasteiger partial charge in [-0.05, 0) is 12.1 Å². The van der Waals surface area contributed by atoms with Gasteiger partial charge in [0.2, 0.25) is 5.78 Å². The SMILES string of the molecule is COC(=O)C(F)C(=O)c1ccccc1Cl. The fourth-order valence-corrected chi connectivity index (χ4v) is 1.24. The zero-order valence-electron chi connectivity index (χ0n) is 7.87. The molecular formula is C10H8ClFO3. The third-order valence-corrected chi connectivity index (χ3v) is 2.11. The van der Waals surface area contributed by atoms with Crippen LogP contribution < -0.4 is 0 Å². The van der Waals surface area contributed by atoms with E-state index in [0.717, 1.165) is 7.11 Å². The van der Waals surface area contributed by atoms with Gasteiger partial charge < -0.3 is 4.74 Å². The lowest BCUT2D eigenvalue weighted by Crippen LogP contribution is -2.27. The van der Waals surface area contributed by atoms with E-state index in [2.05, 4.69) is 4.74 Å². The summed E-state index contributed by atoms with van der Waals surface area (Å²) in [6.07, 6.45) is -2.32. The monoisotopic (exact) mass is 230 g/mol. The van der Waals surface area contributed by atoms with Crippen LogP contribution in [0.25, 0.3) is 0 Å². The Labute approximate surface area is 90.8 Å². The second kappa shape index (κ2) is 4.89. The van der Waals surface area contributed by atoms with Crippen LogP contribution in [0.5, 0.6) is 0 Å². The Balaban J connectivity index is 2.95. The first-order valence-corrected chi connectivity index (χ1v) is 4.46. The van der Waals surface area contributed by atoms with Crippen LogP contribution in [0.2, 0.25) is 5.02 Å². The third kappa shape index (κ3) is 2.53. The maximum absolute atomic E-state index is 13.2. The molecule has 0 N–H and O–H groups in total. The van der Waals surface area contributed by atoms with E-state index in [1.807, 2.05) is 0 Å². The van der Waals surface area contributed by atoms with Crippen molar-refractivity contribution in [2.45, 2.75) is 6.17 Å². The number of hydrogen-bond acceptors (Lipinski definition) is 3. The van der Waals surface area contributed by atoms with E-state index in [-0.39, 0.29) is 10.6 Å². The van der Waals surface area contributed by atoms with Crippen LogP contribution in [0.15, 0.2) is 24.3 Å². The number of benzene rings is 1. The van der Waals surface area contributed by atoms with E-state index >= 15 is 0 Å². The van der Waals surface area contributed by atoms with E-state index in [9.17, 15) is 14.0 Å². The summed E-state index contributed by atoms with van der Waals surface area (Å²) in [4.78, 5) is 22.2. The molecule has 1 unspecified atom stereocenters. The molecule has 15 heavy (non-hydrogen) atoms. The number of carbonyl (C=O) groups is 2. The van der Waals surface area contributed by atoms with Crippen molar-refractivity contribution < 1.29 is 18.7 Å². The smallest absolute Gasteiger partial charge is 0.348 e. The van der Waals surface area contributed by atoms with Crippen molar-refractivity contribution in [1.29, 1.82) is 0 Å². The first-order valence-electron chi connectivity index (χ1n) is 4.08. The maximum Gasteiger partial charge on any atom is 0.348 e. The van der Waals surface area contributed by atoms with Gasteiger partial charge in [0.1, 0.15) is 0 Å². The Kier molecular flexibility index (Phi) is 3.80. The molecule has 0 fully saturated rings. The third-order valence-electron chi connectivity index (χ3n) is 1.78. The average Bonchev–Trinajstić information content (AvgIpc) is 2.26. The molecule has 0 saturated heterocycles. The van der Waals surface area contributed by atoms with Gasteiger partial charge in [-0.2, -0.15) is 0 Å². The number of hydrogen-bond donors (Lipinski definition) is 0. The van der Waals surface area contributed by atoms with Crippen molar-refractivity contribution in [3.63, 3.8) is 0 Å². The molecule has 1 aromatic rings. The minimum absolute atomic E-state index is 0.0305. The van der Waals surface area contributed by atoms with Crippen LogP contribution in [0.3, 0.4) is 0 Å². The number of esters is 1. The Morgan fingerprint density at radius 1 is 1.40 bits per heavy atom. The highest BCUT2D eigenvalue weighted by Crippen LogP contribution is 2.18. The predicted octanol–water partition coefficient (Wildman–Crippen LogP) is 2.03. The van der Waals surface area contributed by atoms with E-state index in [4.69, 9.17) is 11.6 Å². The standard InChI is InChI=1S/C10H8ClFO3/c1-15-10(14)8(12)9(13)6-4-2-3-5-7(6)11/h2-5,8H,1H3. The lowest BCUT2D eigenvalue weighted by molar-refractivity contribution is -0.144. The van der Waals surface area contributed by atoms with Crippen LogP contribution in [0.4, 0.5) is 4.39 Å². The van der Waals surface area contributed by atoms with E-state index in [1.54, 1.807) is 6.07 Å². The molecular weight excluding hydrogens is 223 g/mol. The molecule has 5 heteroatoms. The zero-order chi connectivity index (χ0) is 11.4. The van der Waals surface area contributed by atoms with Crippen LogP contribution >= 0.6 is 11.6 Å². The average molecular weight is 231 g/mol. The fraction of sp³-hybridized carbons (Fsp3) is 0.200. The number of ketones is 1. The molecule has 3 nitrogen and oxygen atoms in total. The minimum atomic E-state index is -2.32. The van der Waals surface area contributed by atoms with Crippen molar-refractivity contribution in [2.24, 2.45) is 0 Å². The number of methoxy groups -OCH3 is 1. The summed E-state index contributed by atoms with van der Waals surface area (Å²) in [6.45, 7) is 0. The quantitative estimate of drug-likeness (QED) is 0.453. The zero-order valence-corrected chi connectivity index (χ0v) is 8.62. The maximum atomic E-state index is 13.2. The molecule has 80 valence electrons. The summed E-state index contributed by atoms with van der Waals surface area (Å²) in [6, 6.07) is 5.92. The summed E-state index contributed by atoms with van der Waals surface area (Å²) >= 11 is 5.67. The van der Waals surface area contributed by atoms with Gasteiger partial charge in [0.15, 0.2) is 0 Å². The second-order valence-electron chi connectivity index (χ2n) is 2.73. The number of Topliss-reactive ketones (excluding diaryl/α,β-unsaturated/α-hetero) is 1. The molecule has 0 aliphatic heterocycles. The summed E-state index contributed by atoms with van der Waals surface area (Å²) in [5.74, 6) is -2.22. The van der Waals surface area contributed by atoms with Gasteiger partial charge in [0.25, 0.3) is 6.17 Å². The predicted molar refractivity (Wildman–Crippen MR) is 52.7 cm³/mol. The van der Waals surface area contributed by atoms with Gasteiger partial charge >= 0.3 is 5.97 Å². The fourth-order valence-electron chi connectivity index (χ4n) is 1.01. The second-order valence-corrected chi connectivity index (χ2v) is 3.14. The van der Waals surface area contributed by atoms with Gasteiger partial charge in [-0.15, -0.1) is 0 Å². The van der Waals surface area contributed by atoms with Crippen LogP contribution in [0.1, 0.15) is 10.4 Å². The molecule has 0 amide bonds. The van der Waals surface area contributed by atoms with Gasteiger partial charge in [-0.25, -0.2) is 9.18 Å². The number of alkyl halides is 1. The van der Waals surface area contributed by atoms with Crippen LogP contribution in [-0.4, -0.2) is 25.0 Å². The Bertz CT molecular complexity index is 392. The number of halogens is 2.